The summed E-state index contributed by atoms with van der Waals surface area (Å²) in [5, 5.41) is 7.25. The van der Waals surface area contributed by atoms with Gasteiger partial charge in [0.2, 0.25) is 5.91 Å². The zero-order valence-electron chi connectivity index (χ0n) is 17.6. The van der Waals surface area contributed by atoms with E-state index in [0.29, 0.717) is 29.7 Å². The molecule has 0 aliphatic carbocycles. The lowest BCUT2D eigenvalue weighted by Gasteiger charge is -2.12. The molecule has 4 rings (SSSR count). The van der Waals surface area contributed by atoms with E-state index in [-0.39, 0.29) is 5.91 Å². The molecule has 0 aromatic heterocycles. The third-order valence-electron chi connectivity index (χ3n) is 5.09. The molecule has 2 atom stereocenters. The molecule has 1 amide bonds. The van der Waals surface area contributed by atoms with Crippen molar-refractivity contribution in [3.63, 3.8) is 0 Å². The SMILES string of the molecule is CC1CCC(=O)Nc2ccc(Cl)cc21.[2H]C1([2H])CCC(C)c2cc(Cl)ccc2N1. The molecule has 2 aliphatic heterocycles. The van der Waals surface area contributed by atoms with Gasteiger partial charge in [-0.1, -0.05) is 37.0 Å². The van der Waals surface area contributed by atoms with Crippen LogP contribution in [0.15, 0.2) is 36.4 Å². The van der Waals surface area contributed by atoms with Crippen molar-refractivity contribution in [1.82, 2.24) is 0 Å². The number of amides is 1. The van der Waals surface area contributed by atoms with Crippen molar-refractivity contribution < 1.29 is 7.54 Å². The van der Waals surface area contributed by atoms with Crippen molar-refractivity contribution in [3.05, 3.63) is 57.6 Å². The minimum absolute atomic E-state index is 0.0953. The van der Waals surface area contributed by atoms with Gasteiger partial charge in [-0.2, -0.15) is 0 Å². The van der Waals surface area contributed by atoms with Crippen LogP contribution >= 0.6 is 23.2 Å². The van der Waals surface area contributed by atoms with E-state index in [1.165, 1.54) is 0 Å². The van der Waals surface area contributed by atoms with Gasteiger partial charge in [-0.15, -0.1) is 0 Å². The molecule has 0 radical (unpaired) electrons. The monoisotopic (exact) mass is 406 g/mol. The minimum atomic E-state index is -1.31. The molecule has 2 aromatic carbocycles. The van der Waals surface area contributed by atoms with E-state index in [9.17, 15) is 4.79 Å². The van der Waals surface area contributed by atoms with Crippen molar-refractivity contribution in [3.8, 4) is 0 Å². The summed E-state index contributed by atoms with van der Waals surface area (Å²) < 4.78 is 15.5. The standard InChI is InChI=1S/C11H12ClNO.C11H14ClN/c1-7-2-5-11(14)13-10-4-3-8(12)6-9(7)10;1-8-3-2-6-13-11-5-4-9(12)7-10(8)11/h3-4,6-7H,2,5H2,1H3,(H,13,14);4-5,7-8,13H,2-3,6H2,1H3/i;6D2. The molecule has 5 heteroatoms. The summed E-state index contributed by atoms with van der Waals surface area (Å²) >= 11 is 11.9. The van der Waals surface area contributed by atoms with Crippen molar-refractivity contribution in [1.29, 1.82) is 0 Å². The molecule has 0 bridgehead atoms. The maximum absolute atomic E-state index is 11.3. The summed E-state index contributed by atoms with van der Waals surface area (Å²) in [7, 11) is 0. The van der Waals surface area contributed by atoms with E-state index < -0.39 is 6.50 Å². The van der Waals surface area contributed by atoms with Crippen LogP contribution in [0, 0.1) is 0 Å². The average molecular weight is 407 g/mol. The Morgan fingerprint density at radius 2 is 1.56 bits per heavy atom. The number of rotatable bonds is 0. The van der Waals surface area contributed by atoms with Crippen molar-refractivity contribution in [2.45, 2.75) is 51.4 Å². The number of hydrogen-bond donors (Lipinski definition) is 2. The Morgan fingerprint density at radius 1 is 0.963 bits per heavy atom. The van der Waals surface area contributed by atoms with Gasteiger partial charge in [0.15, 0.2) is 0 Å². The second-order valence-electron chi connectivity index (χ2n) is 7.19. The molecule has 0 fully saturated rings. The van der Waals surface area contributed by atoms with Gasteiger partial charge in [0, 0.05) is 37.1 Å². The number of fused-ring (bicyclic) bond motifs is 2. The average Bonchev–Trinajstić information content (AvgIpc) is 2.87. The first-order valence-electron chi connectivity index (χ1n) is 10.3. The number of hydrogen-bond acceptors (Lipinski definition) is 2. The third kappa shape index (κ3) is 5.18. The Balaban J connectivity index is 0.000000166. The van der Waals surface area contributed by atoms with Crippen LogP contribution in [-0.4, -0.2) is 12.4 Å². The molecule has 0 saturated carbocycles. The summed E-state index contributed by atoms with van der Waals surface area (Å²) in [5.74, 6) is 0.837. The molecule has 2 N–H and O–H groups in total. The second-order valence-corrected chi connectivity index (χ2v) is 8.07. The zero-order chi connectivity index (χ0) is 21.2. The third-order valence-corrected chi connectivity index (χ3v) is 5.56. The van der Waals surface area contributed by atoms with E-state index in [0.717, 1.165) is 40.4 Å². The van der Waals surface area contributed by atoms with Crippen LogP contribution in [-0.2, 0) is 4.79 Å². The van der Waals surface area contributed by atoms with Crippen molar-refractivity contribution >= 4 is 40.5 Å². The molecule has 3 nitrogen and oxygen atoms in total. The van der Waals surface area contributed by atoms with E-state index in [1.807, 2.05) is 24.3 Å². The van der Waals surface area contributed by atoms with Gasteiger partial charge < -0.3 is 10.6 Å². The van der Waals surface area contributed by atoms with Gasteiger partial charge in [0.25, 0.3) is 0 Å². The van der Waals surface area contributed by atoms with Gasteiger partial charge in [0.1, 0.15) is 0 Å². The summed E-state index contributed by atoms with van der Waals surface area (Å²) in [6.07, 6.45) is 2.85. The lowest BCUT2D eigenvalue weighted by atomic mass is 9.96. The number of benzene rings is 2. The van der Waals surface area contributed by atoms with Gasteiger partial charge in [0.05, 0.1) is 0 Å². The predicted molar refractivity (Wildman–Crippen MR) is 115 cm³/mol. The summed E-state index contributed by atoms with van der Waals surface area (Å²) in [6.45, 7) is 2.92. The van der Waals surface area contributed by atoms with Crippen LogP contribution in [0.4, 0.5) is 11.4 Å². The lowest BCUT2D eigenvalue weighted by molar-refractivity contribution is -0.116. The zero-order valence-corrected chi connectivity index (χ0v) is 17.1. The Morgan fingerprint density at radius 3 is 2.26 bits per heavy atom. The number of halogens is 2. The van der Waals surface area contributed by atoms with Crippen LogP contribution < -0.4 is 10.6 Å². The minimum Gasteiger partial charge on any atom is -0.385 e. The van der Waals surface area contributed by atoms with E-state index in [2.05, 4.69) is 24.5 Å². The first-order chi connectivity index (χ1) is 13.6. The number of carbonyl (C=O) groups excluding carboxylic acids is 1. The summed E-state index contributed by atoms with van der Waals surface area (Å²) in [6, 6.07) is 11.2. The first-order valence-corrected chi connectivity index (χ1v) is 10.1. The van der Waals surface area contributed by atoms with Crippen LogP contribution in [0.2, 0.25) is 10.0 Å². The molecule has 2 heterocycles. The highest BCUT2D eigenvalue weighted by Crippen LogP contribution is 2.33. The van der Waals surface area contributed by atoms with E-state index in [1.54, 1.807) is 12.1 Å². The van der Waals surface area contributed by atoms with Crippen LogP contribution in [0.3, 0.4) is 0 Å². The second kappa shape index (κ2) is 8.99. The van der Waals surface area contributed by atoms with Crippen molar-refractivity contribution in [2.24, 2.45) is 0 Å². The van der Waals surface area contributed by atoms with Crippen molar-refractivity contribution in [2.75, 3.05) is 17.1 Å². The van der Waals surface area contributed by atoms with Gasteiger partial charge in [-0.3, -0.25) is 4.79 Å². The fourth-order valence-electron chi connectivity index (χ4n) is 3.43. The van der Waals surface area contributed by atoms with E-state index >= 15 is 0 Å². The first kappa shape index (κ1) is 17.4. The largest absolute Gasteiger partial charge is 0.385 e. The molecule has 0 spiro atoms. The van der Waals surface area contributed by atoms with E-state index in [4.69, 9.17) is 25.9 Å². The van der Waals surface area contributed by atoms with Gasteiger partial charge in [-0.05, 0) is 78.6 Å². The number of anilines is 2. The quantitative estimate of drug-likeness (QED) is 0.503. The molecule has 2 aromatic rings. The Labute approximate surface area is 174 Å². The van der Waals surface area contributed by atoms with Gasteiger partial charge in [-0.25, -0.2) is 0 Å². The highest BCUT2D eigenvalue weighted by molar-refractivity contribution is 6.31. The normalized spacial score (nSPS) is 24.2. The fourth-order valence-corrected chi connectivity index (χ4v) is 3.79. The number of nitrogens with one attached hydrogen (secondary N) is 2. The smallest absolute Gasteiger partial charge is 0.224 e. The molecular weight excluding hydrogens is 379 g/mol. The van der Waals surface area contributed by atoms with Crippen LogP contribution in [0.25, 0.3) is 0 Å². The Bertz CT molecular complexity index is 904. The molecular formula is C22H26Cl2N2O. The summed E-state index contributed by atoms with van der Waals surface area (Å²) in [5.41, 5.74) is 4.03. The fraction of sp³-hybridized carbons (Fsp3) is 0.409. The maximum atomic E-state index is 11.3. The highest BCUT2D eigenvalue weighted by Gasteiger charge is 2.18. The maximum Gasteiger partial charge on any atom is 0.224 e. The highest BCUT2D eigenvalue weighted by atomic mass is 35.5. The molecule has 2 aliphatic rings. The van der Waals surface area contributed by atoms with Crippen LogP contribution in [0.5, 0.6) is 0 Å². The molecule has 27 heavy (non-hydrogen) atoms. The summed E-state index contributed by atoms with van der Waals surface area (Å²) in [4.78, 5) is 11.3. The van der Waals surface area contributed by atoms with Crippen LogP contribution in [0.1, 0.15) is 65.2 Å². The predicted octanol–water partition coefficient (Wildman–Crippen LogP) is 6.83. The molecule has 2 unspecified atom stereocenters. The molecule has 0 saturated heterocycles. The van der Waals surface area contributed by atoms with Gasteiger partial charge >= 0.3 is 0 Å². The Hall–Kier alpha value is -1.71. The Kier molecular flexibility index (Phi) is 5.79. The number of carbonyl (C=O) groups is 1. The molecule has 144 valence electrons. The topological polar surface area (TPSA) is 41.1 Å². The lowest BCUT2D eigenvalue weighted by Crippen LogP contribution is -2.08.